The predicted molar refractivity (Wildman–Crippen MR) is 127 cm³/mol. The van der Waals surface area contributed by atoms with Crippen LogP contribution in [0.3, 0.4) is 0 Å². The molecule has 2 aliphatic heterocycles. The van der Waals surface area contributed by atoms with E-state index in [0.29, 0.717) is 30.9 Å². The van der Waals surface area contributed by atoms with E-state index in [2.05, 4.69) is 15.2 Å². The zero-order chi connectivity index (χ0) is 23.4. The second-order valence-electron chi connectivity index (χ2n) is 8.41. The third kappa shape index (κ3) is 4.69. The van der Waals surface area contributed by atoms with Gasteiger partial charge in [0.25, 0.3) is 5.91 Å². The largest absolute Gasteiger partial charge is 0.358 e. The Morgan fingerprint density at radius 1 is 1.12 bits per heavy atom. The fraction of sp³-hybridized carbons (Fsp3) is 0.440. The fourth-order valence-electron chi connectivity index (χ4n) is 4.64. The summed E-state index contributed by atoms with van der Waals surface area (Å²) in [7, 11) is 0. The molecule has 1 unspecified atom stereocenters. The van der Waals surface area contributed by atoms with E-state index in [1.54, 1.807) is 22.1 Å². The molecule has 3 heterocycles. The molecule has 33 heavy (non-hydrogen) atoms. The van der Waals surface area contributed by atoms with Gasteiger partial charge < -0.3 is 15.1 Å². The lowest BCUT2D eigenvalue weighted by atomic mass is 9.95. The Morgan fingerprint density at radius 3 is 2.67 bits per heavy atom. The maximum absolute atomic E-state index is 13.5. The van der Waals surface area contributed by atoms with E-state index in [-0.39, 0.29) is 30.3 Å². The molecule has 1 fully saturated rings. The van der Waals surface area contributed by atoms with Crippen molar-refractivity contribution in [3.8, 4) is 0 Å². The molecular formula is C25H31N5O3. The van der Waals surface area contributed by atoms with Crippen molar-refractivity contribution in [3.63, 3.8) is 0 Å². The van der Waals surface area contributed by atoms with Crippen molar-refractivity contribution >= 4 is 29.1 Å². The molecular weight excluding hydrogens is 418 g/mol. The highest BCUT2D eigenvalue weighted by atomic mass is 16.2. The van der Waals surface area contributed by atoms with Crippen molar-refractivity contribution in [2.45, 2.75) is 45.7 Å². The van der Waals surface area contributed by atoms with Gasteiger partial charge in [-0.15, -0.1) is 0 Å². The van der Waals surface area contributed by atoms with Crippen LogP contribution < -0.4 is 15.1 Å². The molecule has 4 rings (SSSR count). The van der Waals surface area contributed by atoms with Gasteiger partial charge in [-0.05, 0) is 63.4 Å². The highest BCUT2D eigenvalue weighted by Gasteiger charge is 2.40. The van der Waals surface area contributed by atoms with Gasteiger partial charge in [-0.3, -0.25) is 24.3 Å². The normalized spacial score (nSPS) is 17.3. The van der Waals surface area contributed by atoms with Crippen LogP contribution in [0, 0.1) is 0 Å². The minimum atomic E-state index is -0.265. The molecule has 3 amide bonds. The van der Waals surface area contributed by atoms with Crippen LogP contribution in [0.25, 0.3) is 0 Å². The highest BCUT2D eigenvalue weighted by Crippen LogP contribution is 2.40. The SMILES string of the molecule is CCN(CC)C(=O)c1ccc2c(c1)N(CC(=O)NCc1ccccn1)C(=O)C1CCCCN21. The number of pyridine rings is 1. The van der Waals surface area contributed by atoms with Gasteiger partial charge in [0.15, 0.2) is 0 Å². The Hall–Kier alpha value is -3.42. The molecule has 8 nitrogen and oxygen atoms in total. The minimum Gasteiger partial charge on any atom is -0.358 e. The van der Waals surface area contributed by atoms with E-state index >= 15 is 0 Å². The van der Waals surface area contributed by atoms with E-state index in [1.165, 1.54) is 0 Å². The molecule has 8 heteroatoms. The smallest absolute Gasteiger partial charge is 0.253 e. The lowest BCUT2D eigenvalue weighted by molar-refractivity contribution is -0.125. The van der Waals surface area contributed by atoms with Crippen molar-refractivity contribution < 1.29 is 14.4 Å². The first-order valence-electron chi connectivity index (χ1n) is 11.7. The van der Waals surface area contributed by atoms with Gasteiger partial charge in [0.2, 0.25) is 11.8 Å². The number of carbonyl (C=O) groups excluding carboxylic acids is 3. The summed E-state index contributed by atoms with van der Waals surface area (Å²) < 4.78 is 0. The number of hydrogen-bond acceptors (Lipinski definition) is 5. The van der Waals surface area contributed by atoms with Crippen LogP contribution in [0.5, 0.6) is 0 Å². The quantitative estimate of drug-likeness (QED) is 0.702. The summed E-state index contributed by atoms with van der Waals surface area (Å²) >= 11 is 0. The average Bonchev–Trinajstić information content (AvgIpc) is 2.86. The van der Waals surface area contributed by atoms with Gasteiger partial charge in [-0.25, -0.2) is 0 Å². The zero-order valence-electron chi connectivity index (χ0n) is 19.3. The molecule has 0 spiro atoms. The summed E-state index contributed by atoms with van der Waals surface area (Å²) in [5, 5.41) is 2.86. The van der Waals surface area contributed by atoms with Crippen LogP contribution in [-0.2, 0) is 16.1 Å². The number of carbonyl (C=O) groups is 3. The number of piperidine rings is 1. The topological polar surface area (TPSA) is 85.9 Å². The lowest BCUT2D eigenvalue weighted by Crippen LogP contribution is -2.57. The molecule has 1 atom stereocenters. The van der Waals surface area contributed by atoms with Crippen molar-refractivity contribution in [1.82, 2.24) is 15.2 Å². The number of benzene rings is 1. The number of nitrogens with zero attached hydrogens (tertiary/aromatic N) is 4. The molecule has 0 radical (unpaired) electrons. The number of amides is 3. The standard InChI is InChI=1S/C25H31N5O3/c1-3-28(4-2)24(32)18-11-12-20-22(15-18)30(25(33)21-10-6-8-14-29(20)21)17-23(31)27-16-19-9-5-7-13-26-19/h5,7,9,11-13,15,21H,3-4,6,8,10,14,16-17H2,1-2H3,(H,27,31). The van der Waals surface area contributed by atoms with Crippen molar-refractivity contribution in [2.75, 3.05) is 36.0 Å². The number of aromatic nitrogens is 1. The van der Waals surface area contributed by atoms with E-state index in [1.807, 2.05) is 44.2 Å². The van der Waals surface area contributed by atoms with Gasteiger partial charge in [-0.1, -0.05) is 6.07 Å². The average molecular weight is 450 g/mol. The third-order valence-electron chi connectivity index (χ3n) is 6.42. The van der Waals surface area contributed by atoms with Gasteiger partial charge >= 0.3 is 0 Å². The molecule has 1 aromatic heterocycles. The van der Waals surface area contributed by atoms with Crippen molar-refractivity contribution in [3.05, 3.63) is 53.9 Å². The Kier molecular flexibility index (Phi) is 6.91. The first-order valence-corrected chi connectivity index (χ1v) is 11.7. The Bertz CT molecular complexity index is 1020. The van der Waals surface area contributed by atoms with Gasteiger partial charge in [0.1, 0.15) is 12.6 Å². The molecule has 1 aromatic carbocycles. The van der Waals surface area contributed by atoms with E-state index in [0.717, 1.165) is 37.2 Å². The summed E-state index contributed by atoms with van der Waals surface area (Å²) in [5.41, 5.74) is 2.82. The summed E-state index contributed by atoms with van der Waals surface area (Å²) in [4.78, 5) is 48.9. The minimum absolute atomic E-state index is 0.0735. The predicted octanol–water partition coefficient (Wildman–Crippen LogP) is 2.59. The van der Waals surface area contributed by atoms with Crippen LogP contribution >= 0.6 is 0 Å². The van der Waals surface area contributed by atoms with Gasteiger partial charge in [0, 0.05) is 31.4 Å². The summed E-state index contributed by atoms with van der Waals surface area (Å²) in [6.45, 7) is 6.11. The summed E-state index contributed by atoms with van der Waals surface area (Å²) in [6, 6.07) is 10.8. The number of fused-ring (bicyclic) bond motifs is 3. The second-order valence-corrected chi connectivity index (χ2v) is 8.41. The van der Waals surface area contributed by atoms with E-state index < -0.39 is 0 Å². The molecule has 1 saturated heterocycles. The fourth-order valence-corrected chi connectivity index (χ4v) is 4.64. The molecule has 0 aliphatic carbocycles. The van der Waals surface area contributed by atoms with Gasteiger partial charge in [-0.2, -0.15) is 0 Å². The molecule has 2 aromatic rings. The monoisotopic (exact) mass is 449 g/mol. The van der Waals surface area contributed by atoms with Crippen molar-refractivity contribution in [2.24, 2.45) is 0 Å². The summed E-state index contributed by atoms with van der Waals surface area (Å²) in [6.07, 6.45) is 4.46. The van der Waals surface area contributed by atoms with Crippen LogP contribution in [0.4, 0.5) is 11.4 Å². The van der Waals surface area contributed by atoms with Crippen LogP contribution in [0.2, 0.25) is 0 Å². The first kappa shape index (κ1) is 22.8. The third-order valence-corrected chi connectivity index (χ3v) is 6.42. The lowest BCUT2D eigenvalue weighted by Gasteiger charge is -2.45. The Balaban J connectivity index is 1.61. The second kappa shape index (κ2) is 10.0. The molecule has 0 bridgehead atoms. The molecule has 2 aliphatic rings. The van der Waals surface area contributed by atoms with E-state index in [4.69, 9.17) is 0 Å². The Labute approximate surface area is 194 Å². The maximum Gasteiger partial charge on any atom is 0.253 e. The van der Waals surface area contributed by atoms with Crippen molar-refractivity contribution in [1.29, 1.82) is 0 Å². The molecule has 174 valence electrons. The van der Waals surface area contributed by atoms with Crippen LogP contribution in [0.15, 0.2) is 42.6 Å². The number of nitrogens with one attached hydrogen (secondary N) is 1. The highest BCUT2D eigenvalue weighted by molar-refractivity contribution is 6.09. The number of hydrogen-bond donors (Lipinski definition) is 1. The zero-order valence-corrected chi connectivity index (χ0v) is 19.3. The van der Waals surface area contributed by atoms with Gasteiger partial charge in [0.05, 0.1) is 23.6 Å². The van der Waals surface area contributed by atoms with Crippen LogP contribution in [0.1, 0.15) is 49.2 Å². The van der Waals surface area contributed by atoms with Crippen LogP contribution in [-0.4, -0.2) is 59.8 Å². The summed E-state index contributed by atoms with van der Waals surface area (Å²) in [5.74, 6) is -0.414. The maximum atomic E-state index is 13.5. The first-order chi connectivity index (χ1) is 16.0. The van der Waals surface area contributed by atoms with E-state index in [9.17, 15) is 14.4 Å². The number of rotatable bonds is 7. The molecule has 1 N–H and O–H groups in total. The Morgan fingerprint density at radius 2 is 1.94 bits per heavy atom. The molecule has 0 saturated carbocycles. The number of anilines is 2.